The molecule has 1 atom stereocenters. The van der Waals surface area contributed by atoms with Gasteiger partial charge in [0.1, 0.15) is 5.78 Å². The molecule has 0 spiro atoms. The number of nitrogens with one attached hydrogen (secondary N) is 1. The highest BCUT2D eigenvalue weighted by Gasteiger charge is 2.28. The van der Waals surface area contributed by atoms with Crippen molar-refractivity contribution in [2.24, 2.45) is 5.92 Å². The fourth-order valence-corrected chi connectivity index (χ4v) is 4.59. The number of Topliss-reactive ketones (excluding diaryl/α,β-unsaturated/α-hetero) is 1. The number of amides is 1. The molecule has 6 nitrogen and oxygen atoms in total. The lowest BCUT2D eigenvalue weighted by atomic mass is 9.80. The van der Waals surface area contributed by atoms with Gasteiger partial charge >= 0.3 is 0 Å². The van der Waals surface area contributed by atoms with Crippen LogP contribution in [0.1, 0.15) is 45.0 Å². The van der Waals surface area contributed by atoms with Crippen molar-refractivity contribution in [1.29, 1.82) is 0 Å². The van der Waals surface area contributed by atoms with E-state index in [-0.39, 0.29) is 29.1 Å². The third-order valence-electron chi connectivity index (χ3n) is 4.97. The van der Waals surface area contributed by atoms with E-state index in [2.05, 4.69) is 10.3 Å². The molecular weight excluding hydrogens is 403 g/mol. The van der Waals surface area contributed by atoms with Crippen molar-refractivity contribution in [1.82, 2.24) is 4.98 Å². The summed E-state index contributed by atoms with van der Waals surface area (Å²) in [6.45, 7) is 0. The van der Waals surface area contributed by atoms with Crippen molar-refractivity contribution in [3.05, 3.63) is 41.2 Å². The van der Waals surface area contributed by atoms with Crippen molar-refractivity contribution < 1.29 is 23.8 Å². The minimum atomic E-state index is -3.33. The predicted octanol–water partition coefficient (Wildman–Crippen LogP) is 3.80. The third kappa shape index (κ3) is 5.23. The fourth-order valence-electron chi connectivity index (χ4n) is 3.42. The fraction of sp³-hybridized carbons (Fsp3) is 0.421. The molecule has 1 amide bonds. The van der Waals surface area contributed by atoms with Crippen LogP contribution >= 0.6 is 11.3 Å². The lowest BCUT2D eigenvalue weighted by molar-refractivity contribution is -0.121. The number of nitrogens with zero attached hydrogens (tertiary/aromatic N) is 1. The number of aromatic nitrogens is 1. The maximum atomic E-state index is 13.2. The normalized spacial score (nSPS) is 16.7. The Morgan fingerprint density at radius 2 is 1.96 bits per heavy atom. The number of anilines is 1. The number of rotatable bonds is 6. The number of halogens is 1. The van der Waals surface area contributed by atoms with Crippen LogP contribution in [0.15, 0.2) is 35.4 Å². The average Bonchev–Trinajstić information content (AvgIpc) is 3.05. The molecule has 3 rings (SSSR count). The van der Waals surface area contributed by atoms with Crippen LogP contribution in [0.5, 0.6) is 0 Å². The van der Waals surface area contributed by atoms with Gasteiger partial charge in [0, 0.05) is 20.5 Å². The van der Waals surface area contributed by atoms with Crippen molar-refractivity contribution in [3.63, 3.8) is 0 Å². The van der Waals surface area contributed by atoms with Gasteiger partial charge in [-0.1, -0.05) is 23.5 Å². The highest BCUT2D eigenvalue weighted by atomic mass is 32.2. The summed E-state index contributed by atoms with van der Waals surface area (Å²) in [5.74, 6) is -0.402. The molecule has 0 radical (unpaired) electrons. The van der Waals surface area contributed by atoms with Crippen LogP contribution in [0.3, 0.4) is 0 Å². The molecule has 152 valence electrons. The van der Waals surface area contributed by atoms with Crippen LogP contribution in [0.2, 0.25) is 0 Å². The van der Waals surface area contributed by atoms with E-state index in [1.165, 1.54) is 12.1 Å². The molecule has 28 heavy (non-hydrogen) atoms. The highest BCUT2D eigenvalue weighted by molar-refractivity contribution is 7.90. The number of thiazole rings is 1. The molecule has 1 aliphatic carbocycles. The van der Waals surface area contributed by atoms with E-state index in [1.54, 1.807) is 12.1 Å². The molecule has 1 N–H and O–H groups in total. The first-order chi connectivity index (χ1) is 13.2. The molecule has 0 saturated heterocycles. The second-order valence-electron chi connectivity index (χ2n) is 7.07. The maximum Gasteiger partial charge on any atom is 0.233 e. The van der Waals surface area contributed by atoms with Crippen molar-refractivity contribution >= 4 is 38.0 Å². The molecule has 9 heteroatoms. The quantitative estimate of drug-likeness (QED) is 0.758. The minimum Gasteiger partial charge on any atom is -0.301 e. The SMILES string of the molecule is CS(=O)(=O)c1ccc([C@@H](CC2CCC(=O)CC2)C(=O)Nc2ncc(F)s2)cc1.[HH]. The molecule has 0 aliphatic heterocycles. The third-order valence-corrected chi connectivity index (χ3v) is 6.80. The monoisotopic (exact) mass is 426 g/mol. The van der Waals surface area contributed by atoms with E-state index >= 15 is 0 Å². The lowest BCUT2D eigenvalue weighted by Gasteiger charge is -2.25. The zero-order chi connectivity index (χ0) is 20.3. The summed E-state index contributed by atoms with van der Waals surface area (Å²) in [6.07, 6.45) is 5.20. The average molecular weight is 427 g/mol. The smallest absolute Gasteiger partial charge is 0.233 e. The Balaban J connectivity index is 0.00000300. The number of sulfone groups is 1. The van der Waals surface area contributed by atoms with Crippen LogP contribution < -0.4 is 5.32 Å². The number of ketones is 1. The Bertz CT molecular complexity index is 966. The van der Waals surface area contributed by atoms with Gasteiger partial charge in [0.05, 0.1) is 17.0 Å². The van der Waals surface area contributed by atoms with E-state index in [9.17, 15) is 22.4 Å². The van der Waals surface area contributed by atoms with Crippen LogP contribution in [-0.4, -0.2) is 31.3 Å². The maximum absolute atomic E-state index is 13.2. The van der Waals surface area contributed by atoms with Crippen LogP contribution in [0.25, 0.3) is 0 Å². The number of hydrogen-bond donors (Lipinski definition) is 1. The van der Waals surface area contributed by atoms with E-state index < -0.39 is 20.9 Å². The first-order valence-corrected chi connectivity index (χ1v) is 11.7. The summed E-state index contributed by atoms with van der Waals surface area (Å²) in [7, 11) is -3.33. The van der Waals surface area contributed by atoms with Crippen LogP contribution in [0.4, 0.5) is 9.52 Å². The molecule has 2 aromatic rings. The Kier molecular flexibility index (Phi) is 6.24. The zero-order valence-electron chi connectivity index (χ0n) is 15.4. The standard InChI is InChI=1S/C19H21FN2O4S2.H2/c1-28(25,26)15-8-4-13(5-9-15)16(10-12-2-6-14(23)7-3-12)18(24)22-19-21-11-17(20)27-19;/h4-5,8-9,11-12,16H,2-3,6-7,10H2,1H3,(H,21,22,24);1H/t16-;/m1./s1. The Labute approximate surface area is 168 Å². The van der Waals surface area contributed by atoms with Gasteiger partial charge in [-0.25, -0.2) is 13.4 Å². The second kappa shape index (κ2) is 8.48. The van der Waals surface area contributed by atoms with Gasteiger partial charge in [-0.05, 0) is 42.9 Å². The molecule has 1 fully saturated rings. The lowest BCUT2D eigenvalue weighted by Crippen LogP contribution is -2.25. The molecule has 1 aromatic carbocycles. The van der Waals surface area contributed by atoms with Gasteiger partial charge in [0.15, 0.2) is 20.1 Å². The topological polar surface area (TPSA) is 93.2 Å². The number of carbonyl (C=O) groups is 2. The highest BCUT2D eigenvalue weighted by Crippen LogP contribution is 2.33. The molecule has 1 aromatic heterocycles. The van der Waals surface area contributed by atoms with E-state index in [0.29, 0.717) is 24.8 Å². The van der Waals surface area contributed by atoms with Crippen LogP contribution in [0, 0.1) is 11.0 Å². The molecule has 0 unspecified atom stereocenters. The summed E-state index contributed by atoms with van der Waals surface area (Å²) in [6, 6.07) is 6.24. The summed E-state index contributed by atoms with van der Waals surface area (Å²) in [5, 5.41) is 2.34. The summed E-state index contributed by atoms with van der Waals surface area (Å²) in [5.41, 5.74) is 0.679. The zero-order valence-corrected chi connectivity index (χ0v) is 17.0. The first kappa shape index (κ1) is 20.6. The van der Waals surface area contributed by atoms with Gasteiger partial charge in [-0.3, -0.25) is 9.59 Å². The summed E-state index contributed by atoms with van der Waals surface area (Å²) < 4.78 is 36.6. The Morgan fingerprint density at radius 3 is 2.50 bits per heavy atom. The van der Waals surface area contributed by atoms with Gasteiger partial charge < -0.3 is 5.32 Å². The van der Waals surface area contributed by atoms with Gasteiger partial charge in [-0.15, -0.1) is 0 Å². The molecule has 1 saturated carbocycles. The summed E-state index contributed by atoms with van der Waals surface area (Å²) in [4.78, 5) is 28.4. The Morgan fingerprint density at radius 1 is 1.32 bits per heavy atom. The largest absolute Gasteiger partial charge is 0.301 e. The van der Waals surface area contributed by atoms with Gasteiger partial charge in [-0.2, -0.15) is 4.39 Å². The van der Waals surface area contributed by atoms with Crippen LogP contribution in [-0.2, 0) is 19.4 Å². The summed E-state index contributed by atoms with van der Waals surface area (Å²) >= 11 is 0.747. The number of carbonyl (C=O) groups excluding carboxylic acids is 2. The first-order valence-electron chi connectivity index (χ1n) is 8.96. The second-order valence-corrected chi connectivity index (χ2v) is 10.1. The van der Waals surface area contributed by atoms with Crippen molar-refractivity contribution in [3.8, 4) is 0 Å². The minimum absolute atomic E-state index is 0. The van der Waals surface area contributed by atoms with E-state index in [0.717, 1.165) is 36.6 Å². The molecule has 0 bridgehead atoms. The molecule has 1 aliphatic rings. The van der Waals surface area contributed by atoms with Gasteiger partial charge in [0.2, 0.25) is 5.91 Å². The molecular formula is C19H23FN2O4S2. The van der Waals surface area contributed by atoms with E-state index in [4.69, 9.17) is 0 Å². The van der Waals surface area contributed by atoms with Crippen molar-refractivity contribution in [2.75, 3.05) is 11.6 Å². The number of hydrogen-bond acceptors (Lipinski definition) is 6. The molecule has 1 heterocycles. The predicted molar refractivity (Wildman–Crippen MR) is 107 cm³/mol. The van der Waals surface area contributed by atoms with Crippen molar-refractivity contribution in [2.45, 2.75) is 42.9 Å². The Hall–Kier alpha value is -2.13. The van der Waals surface area contributed by atoms with E-state index in [1.807, 2.05) is 0 Å². The van der Waals surface area contributed by atoms with Gasteiger partial charge in [0.25, 0.3) is 0 Å². The number of benzene rings is 1.